The van der Waals surface area contributed by atoms with E-state index in [2.05, 4.69) is 10.3 Å². The van der Waals surface area contributed by atoms with E-state index in [0.717, 1.165) is 31.2 Å². The Balaban J connectivity index is 2.28. The van der Waals surface area contributed by atoms with Gasteiger partial charge < -0.3 is 10.4 Å². The van der Waals surface area contributed by atoms with Crippen molar-refractivity contribution >= 4 is 11.8 Å². The molecular formula is C14H17F3N2O2. The molecule has 7 heteroatoms. The van der Waals surface area contributed by atoms with Gasteiger partial charge in [0.05, 0.1) is 5.56 Å². The molecule has 0 aliphatic heterocycles. The molecule has 1 aromatic rings. The summed E-state index contributed by atoms with van der Waals surface area (Å²) in [7, 11) is 0. The minimum atomic E-state index is -4.48. The number of hydrogen-bond donors (Lipinski definition) is 2. The second kappa shape index (κ2) is 5.54. The van der Waals surface area contributed by atoms with E-state index in [9.17, 15) is 23.1 Å². The van der Waals surface area contributed by atoms with Crippen LogP contribution in [-0.4, -0.2) is 21.6 Å². The Morgan fingerprint density at radius 1 is 1.52 bits per heavy atom. The maximum absolute atomic E-state index is 12.7. The third-order valence-corrected chi connectivity index (χ3v) is 3.86. The molecule has 1 aliphatic carbocycles. The van der Waals surface area contributed by atoms with Gasteiger partial charge in [-0.2, -0.15) is 13.2 Å². The van der Waals surface area contributed by atoms with E-state index in [1.807, 2.05) is 6.92 Å². The first kappa shape index (κ1) is 15.6. The Labute approximate surface area is 120 Å². The molecule has 2 unspecified atom stereocenters. The second-order valence-electron chi connectivity index (χ2n) is 5.64. The van der Waals surface area contributed by atoms with Crippen LogP contribution in [0.3, 0.4) is 0 Å². The van der Waals surface area contributed by atoms with E-state index in [0.29, 0.717) is 12.8 Å². The van der Waals surface area contributed by atoms with Gasteiger partial charge in [0, 0.05) is 6.20 Å². The molecule has 116 valence electrons. The zero-order valence-corrected chi connectivity index (χ0v) is 11.6. The molecule has 0 aromatic carbocycles. The zero-order chi connectivity index (χ0) is 15.7. The molecule has 0 amide bonds. The van der Waals surface area contributed by atoms with Crippen LogP contribution in [0, 0.1) is 5.92 Å². The van der Waals surface area contributed by atoms with Crippen molar-refractivity contribution in [1.82, 2.24) is 4.98 Å². The SMILES string of the molecule is CC1CCCC(Nc2cc(C(F)(F)F)ccn2)(C(=O)O)C1. The summed E-state index contributed by atoms with van der Waals surface area (Å²) in [6.07, 6.45) is -1.04. The molecule has 0 radical (unpaired) electrons. The number of nitrogens with one attached hydrogen (secondary N) is 1. The Bertz CT molecular complexity index is 533. The van der Waals surface area contributed by atoms with Gasteiger partial charge in [-0.15, -0.1) is 0 Å². The molecule has 1 saturated carbocycles. The molecule has 2 atom stereocenters. The number of halogens is 3. The van der Waals surface area contributed by atoms with Crippen LogP contribution in [0.5, 0.6) is 0 Å². The number of alkyl halides is 3. The monoisotopic (exact) mass is 302 g/mol. The lowest BCUT2D eigenvalue weighted by Gasteiger charge is -2.37. The number of hydrogen-bond acceptors (Lipinski definition) is 3. The van der Waals surface area contributed by atoms with Crippen LogP contribution < -0.4 is 5.32 Å². The fraction of sp³-hybridized carbons (Fsp3) is 0.571. The average molecular weight is 302 g/mol. The smallest absolute Gasteiger partial charge is 0.416 e. The summed E-state index contributed by atoms with van der Waals surface area (Å²) in [6.45, 7) is 1.94. The molecule has 0 spiro atoms. The van der Waals surface area contributed by atoms with E-state index in [4.69, 9.17) is 0 Å². The first-order valence-electron chi connectivity index (χ1n) is 6.78. The number of anilines is 1. The van der Waals surface area contributed by atoms with E-state index in [1.54, 1.807) is 0 Å². The zero-order valence-electron chi connectivity index (χ0n) is 11.6. The number of carboxylic acid groups (broad SMARTS) is 1. The number of carboxylic acids is 1. The minimum Gasteiger partial charge on any atom is -0.480 e. The first-order valence-corrected chi connectivity index (χ1v) is 6.78. The van der Waals surface area contributed by atoms with Crippen molar-refractivity contribution in [2.45, 2.75) is 44.3 Å². The highest BCUT2D eigenvalue weighted by atomic mass is 19.4. The molecule has 2 N–H and O–H groups in total. The van der Waals surface area contributed by atoms with Crippen molar-refractivity contribution in [3.05, 3.63) is 23.9 Å². The summed E-state index contributed by atoms with van der Waals surface area (Å²) in [5.74, 6) is -0.900. The highest BCUT2D eigenvalue weighted by Gasteiger charge is 2.42. The van der Waals surface area contributed by atoms with Crippen LogP contribution in [-0.2, 0) is 11.0 Å². The summed E-state index contributed by atoms with van der Waals surface area (Å²) in [5.41, 5.74) is -2.08. The number of aliphatic carboxylic acids is 1. The van der Waals surface area contributed by atoms with Gasteiger partial charge in [0.2, 0.25) is 0 Å². The van der Waals surface area contributed by atoms with Crippen LogP contribution in [0.4, 0.5) is 19.0 Å². The highest BCUT2D eigenvalue weighted by molar-refractivity contribution is 5.82. The number of rotatable bonds is 3. The maximum Gasteiger partial charge on any atom is 0.416 e. The maximum atomic E-state index is 12.7. The lowest BCUT2D eigenvalue weighted by atomic mass is 9.76. The van der Waals surface area contributed by atoms with Gasteiger partial charge >= 0.3 is 12.1 Å². The summed E-state index contributed by atoms with van der Waals surface area (Å²) in [6, 6.07) is 1.71. The summed E-state index contributed by atoms with van der Waals surface area (Å²) in [5, 5.41) is 12.2. The molecule has 21 heavy (non-hydrogen) atoms. The third-order valence-electron chi connectivity index (χ3n) is 3.86. The van der Waals surface area contributed by atoms with Crippen molar-refractivity contribution in [2.75, 3.05) is 5.32 Å². The highest BCUT2D eigenvalue weighted by Crippen LogP contribution is 2.36. The summed E-state index contributed by atoms with van der Waals surface area (Å²) in [4.78, 5) is 15.4. The van der Waals surface area contributed by atoms with Crippen LogP contribution in [0.25, 0.3) is 0 Å². The van der Waals surface area contributed by atoms with Crippen molar-refractivity contribution in [2.24, 2.45) is 5.92 Å². The van der Waals surface area contributed by atoms with Gasteiger partial charge in [0.15, 0.2) is 0 Å². The molecule has 1 fully saturated rings. The molecule has 0 bridgehead atoms. The van der Waals surface area contributed by atoms with Gasteiger partial charge in [-0.05, 0) is 30.9 Å². The van der Waals surface area contributed by atoms with Crippen molar-refractivity contribution in [3.8, 4) is 0 Å². The Morgan fingerprint density at radius 2 is 2.24 bits per heavy atom. The fourth-order valence-electron chi connectivity index (χ4n) is 2.83. The van der Waals surface area contributed by atoms with Gasteiger partial charge in [-0.3, -0.25) is 0 Å². The van der Waals surface area contributed by atoms with E-state index in [1.165, 1.54) is 0 Å². The predicted molar refractivity (Wildman–Crippen MR) is 70.9 cm³/mol. The standard InChI is InChI=1S/C14H17F3N2O2/c1-9-3-2-5-13(8-9,12(20)21)19-11-7-10(4-6-18-11)14(15,16)17/h4,6-7,9H,2-3,5,8H2,1H3,(H,18,19)(H,20,21). The second-order valence-corrected chi connectivity index (χ2v) is 5.64. The molecule has 1 heterocycles. The first-order chi connectivity index (χ1) is 9.73. The van der Waals surface area contributed by atoms with Gasteiger partial charge in [-0.25, -0.2) is 9.78 Å². The fourth-order valence-corrected chi connectivity index (χ4v) is 2.83. The van der Waals surface area contributed by atoms with Crippen molar-refractivity contribution in [3.63, 3.8) is 0 Å². The Morgan fingerprint density at radius 3 is 2.81 bits per heavy atom. The predicted octanol–water partition coefficient (Wildman–Crippen LogP) is 3.55. The van der Waals surface area contributed by atoms with Crippen LogP contribution in [0.15, 0.2) is 18.3 Å². The number of carbonyl (C=O) groups is 1. The molecule has 1 aromatic heterocycles. The number of aromatic nitrogens is 1. The topological polar surface area (TPSA) is 62.2 Å². The van der Waals surface area contributed by atoms with Crippen LogP contribution in [0.1, 0.15) is 38.2 Å². The third kappa shape index (κ3) is 3.46. The lowest BCUT2D eigenvalue weighted by molar-refractivity contribution is -0.144. The molecule has 2 rings (SSSR count). The normalized spacial score (nSPS) is 26.4. The van der Waals surface area contributed by atoms with E-state index in [-0.39, 0.29) is 11.7 Å². The lowest BCUT2D eigenvalue weighted by Crippen LogP contribution is -2.49. The quantitative estimate of drug-likeness (QED) is 0.896. The molecular weight excluding hydrogens is 285 g/mol. The van der Waals surface area contributed by atoms with E-state index < -0.39 is 23.2 Å². The Hall–Kier alpha value is -1.79. The van der Waals surface area contributed by atoms with Crippen molar-refractivity contribution in [1.29, 1.82) is 0 Å². The number of nitrogens with zero attached hydrogens (tertiary/aromatic N) is 1. The van der Waals surface area contributed by atoms with Gasteiger partial charge in [-0.1, -0.05) is 19.8 Å². The molecule has 4 nitrogen and oxygen atoms in total. The van der Waals surface area contributed by atoms with Gasteiger partial charge in [0.1, 0.15) is 11.4 Å². The molecule has 1 aliphatic rings. The van der Waals surface area contributed by atoms with Crippen LogP contribution >= 0.6 is 0 Å². The van der Waals surface area contributed by atoms with Gasteiger partial charge in [0.25, 0.3) is 0 Å². The van der Waals surface area contributed by atoms with Crippen molar-refractivity contribution < 1.29 is 23.1 Å². The van der Waals surface area contributed by atoms with Crippen LogP contribution in [0.2, 0.25) is 0 Å². The van der Waals surface area contributed by atoms with E-state index >= 15 is 0 Å². The average Bonchev–Trinajstić information content (AvgIpc) is 2.38. The summed E-state index contributed by atoms with van der Waals surface area (Å²) >= 11 is 0. The molecule has 0 saturated heterocycles. The minimum absolute atomic E-state index is 0.0543. The summed E-state index contributed by atoms with van der Waals surface area (Å²) < 4.78 is 38.1. The largest absolute Gasteiger partial charge is 0.480 e. The number of pyridine rings is 1. The Kier molecular flexibility index (Phi) is 4.11.